The second-order valence-electron chi connectivity index (χ2n) is 5.58. The Kier molecular flexibility index (Phi) is 4.44. The first-order valence-electron chi connectivity index (χ1n) is 7.57. The first-order valence-corrected chi connectivity index (χ1v) is 7.57. The Morgan fingerprint density at radius 3 is 2.64 bits per heavy atom. The van der Waals surface area contributed by atoms with Crippen LogP contribution in [-0.4, -0.2) is 44.0 Å². The number of para-hydroxylation sites is 1. The van der Waals surface area contributed by atoms with Crippen molar-refractivity contribution in [1.82, 2.24) is 10.2 Å². The van der Waals surface area contributed by atoms with E-state index >= 15 is 0 Å². The molecule has 0 atom stereocenters. The van der Waals surface area contributed by atoms with Crippen LogP contribution in [0.25, 0.3) is 0 Å². The zero-order valence-corrected chi connectivity index (χ0v) is 12.8. The summed E-state index contributed by atoms with van der Waals surface area (Å²) in [6, 6.07) is 11.6. The minimum absolute atomic E-state index is 0.182. The Morgan fingerprint density at radius 2 is 1.91 bits per heavy atom. The molecule has 1 N–H and O–H groups in total. The van der Waals surface area contributed by atoms with E-state index in [0.717, 1.165) is 31.7 Å². The predicted molar refractivity (Wildman–Crippen MR) is 86.0 cm³/mol. The standard InChI is InChI=1S/C17H21N3O2/c1-19-8-10-20(11-9-19)15-6-3-2-5-14(15)13-18-17(21)16-7-4-12-22-16/h2-7,12H,8-11,13H2,1H3,(H,18,21). The van der Waals surface area contributed by atoms with Crippen LogP contribution < -0.4 is 10.2 Å². The van der Waals surface area contributed by atoms with Crippen molar-refractivity contribution in [3.05, 3.63) is 54.0 Å². The molecule has 0 aliphatic carbocycles. The van der Waals surface area contributed by atoms with Crippen LogP contribution in [0.15, 0.2) is 47.1 Å². The van der Waals surface area contributed by atoms with Crippen molar-refractivity contribution in [2.24, 2.45) is 0 Å². The van der Waals surface area contributed by atoms with Gasteiger partial charge in [-0.15, -0.1) is 0 Å². The molecule has 1 aliphatic rings. The highest BCUT2D eigenvalue weighted by atomic mass is 16.3. The SMILES string of the molecule is CN1CCN(c2ccccc2CNC(=O)c2ccco2)CC1. The molecule has 0 radical (unpaired) electrons. The van der Waals surface area contributed by atoms with Gasteiger partial charge in [-0.3, -0.25) is 4.79 Å². The van der Waals surface area contributed by atoms with Crippen LogP contribution in [0.5, 0.6) is 0 Å². The molecule has 1 saturated heterocycles. The molecule has 22 heavy (non-hydrogen) atoms. The number of carbonyl (C=O) groups excluding carboxylic acids is 1. The maximum Gasteiger partial charge on any atom is 0.287 e. The number of rotatable bonds is 4. The lowest BCUT2D eigenvalue weighted by atomic mass is 10.1. The van der Waals surface area contributed by atoms with Crippen LogP contribution in [0.4, 0.5) is 5.69 Å². The van der Waals surface area contributed by atoms with E-state index in [1.54, 1.807) is 12.1 Å². The number of carbonyl (C=O) groups is 1. The van der Waals surface area contributed by atoms with Gasteiger partial charge in [0.15, 0.2) is 5.76 Å². The number of amides is 1. The van der Waals surface area contributed by atoms with Gasteiger partial charge in [-0.1, -0.05) is 18.2 Å². The maximum atomic E-state index is 12.0. The molecule has 2 aromatic rings. The molecule has 0 saturated carbocycles. The summed E-state index contributed by atoms with van der Waals surface area (Å²) in [7, 11) is 2.15. The summed E-state index contributed by atoms with van der Waals surface area (Å²) in [5.74, 6) is 0.162. The predicted octanol–water partition coefficient (Wildman–Crippen LogP) is 1.96. The molecule has 0 unspecified atom stereocenters. The van der Waals surface area contributed by atoms with Crippen molar-refractivity contribution in [3.8, 4) is 0 Å². The summed E-state index contributed by atoms with van der Waals surface area (Å²) in [6.45, 7) is 4.65. The number of likely N-dealkylation sites (N-methyl/N-ethyl adjacent to an activating group) is 1. The van der Waals surface area contributed by atoms with Gasteiger partial charge < -0.3 is 19.5 Å². The van der Waals surface area contributed by atoms with Crippen molar-refractivity contribution in [3.63, 3.8) is 0 Å². The van der Waals surface area contributed by atoms with E-state index in [2.05, 4.69) is 34.3 Å². The van der Waals surface area contributed by atoms with Gasteiger partial charge in [-0.25, -0.2) is 0 Å². The molecule has 1 fully saturated rings. The summed E-state index contributed by atoms with van der Waals surface area (Å²) in [5.41, 5.74) is 2.34. The van der Waals surface area contributed by atoms with Crippen LogP contribution in [0.3, 0.4) is 0 Å². The highest BCUT2D eigenvalue weighted by Crippen LogP contribution is 2.21. The molecular weight excluding hydrogens is 278 g/mol. The fraction of sp³-hybridized carbons (Fsp3) is 0.353. The van der Waals surface area contributed by atoms with E-state index in [0.29, 0.717) is 12.3 Å². The third-order valence-electron chi connectivity index (χ3n) is 4.02. The number of hydrogen-bond donors (Lipinski definition) is 1. The smallest absolute Gasteiger partial charge is 0.287 e. The molecule has 1 aliphatic heterocycles. The maximum absolute atomic E-state index is 12.0. The number of nitrogens with one attached hydrogen (secondary N) is 1. The van der Waals surface area contributed by atoms with E-state index in [1.807, 2.05) is 12.1 Å². The zero-order valence-electron chi connectivity index (χ0n) is 12.8. The fourth-order valence-corrected chi connectivity index (χ4v) is 2.69. The summed E-state index contributed by atoms with van der Waals surface area (Å²) in [6.07, 6.45) is 1.51. The van der Waals surface area contributed by atoms with E-state index < -0.39 is 0 Å². The molecule has 5 heteroatoms. The van der Waals surface area contributed by atoms with E-state index in [1.165, 1.54) is 12.0 Å². The van der Waals surface area contributed by atoms with Crippen LogP contribution >= 0.6 is 0 Å². The van der Waals surface area contributed by atoms with Gasteiger partial charge in [-0.05, 0) is 30.8 Å². The number of anilines is 1. The van der Waals surface area contributed by atoms with Gasteiger partial charge >= 0.3 is 0 Å². The van der Waals surface area contributed by atoms with E-state index in [-0.39, 0.29) is 5.91 Å². The first-order chi connectivity index (χ1) is 10.7. The monoisotopic (exact) mass is 299 g/mol. The van der Waals surface area contributed by atoms with Gasteiger partial charge in [0.05, 0.1) is 6.26 Å². The first kappa shape index (κ1) is 14.7. The molecule has 1 aromatic carbocycles. The van der Waals surface area contributed by atoms with Crippen molar-refractivity contribution < 1.29 is 9.21 Å². The lowest BCUT2D eigenvalue weighted by Crippen LogP contribution is -2.45. The molecule has 1 aromatic heterocycles. The summed E-state index contributed by atoms with van der Waals surface area (Å²) >= 11 is 0. The number of hydrogen-bond acceptors (Lipinski definition) is 4. The largest absolute Gasteiger partial charge is 0.459 e. The number of benzene rings is 1. The topological polar surface area (TPSA) is 48.7 Å². The van der Waals surface area contributed by atoms with Gasteiger partial charge in [0.25, 0.3) is 5.91 Å². The minimum Gasteiger partial charge on any atom is -0.459 e. The van der Waals surface area contributed by atoms with Crippen LogP contribution in [0.2, 0.25) is 0 Å². The normalized spacial score (nSPS) is 15.8. The van der Waals surface area contributed by atoms with Gasteiger partial charge in [0.2, 0.25) is 0 Å². The van der Waals surface area contributed by atoms with Crippen molar-refractivity contribution in [2.75, 3.05) is 38.1 Å². The average Bonchev–Trinajstić information content (AvgIpc) is 3.08. The van der Waals surface area contributed by atoms with Gasteiger partial charge in [-0.2, -0.15) is 0 Å². The van der Waals surface area contributed by atoms with Crippen LogP contribution in [0.1, 0.15) is 16.1 Å². The molecule has 5 nitrogen and oxygen atoms in total. The van der Waals surface area contributed by atoms with Crippen LogP contribution in [-0.2, 0) is 6.54 Å². The average molecular weight is 299 g/mol. The van der Waals surface area contributed by atoms with E-state index in [9.17, 15) is 4.79 Å². The number of piperazine rings is 1. The Hall–Kier alpha value is -2.27. The van der Waals surface area contributed by atoms with Crippen molar-refractivity contribution in [2.45, 2.75) is 6.54 Å². The quantitative estimate of drug-likeness (QED) is 0.937. The Bertz CT molecular complexity index is 617. The van der Waals surface area contributed by atoms with Gasteiger partial charge in [0, 0.05) is 38.4 Å². The van der Waals surface area contributed by atoms with Crippen molar-refractivity contribution >= 4 is 11.6 Å². The molecule has 116 valence electrons. The third kappa shape index (κ3) is 3.31. The Labute approximate surface area is 130 Å². The fourth-order valence-electron chi connectivity index (χ4n) is 2.69. The number of nitrogens with zero attached hydrogens (tertiary/aromatic N) is 2. The summed E-state index contributed by atoms with van der Waals surface area (Å²) in [4.78, 5) is 16.7. The minimum atomic E-state index is -0.182. The van der Waals surface area contributed by atoms with Gasteiger partial charge in [0.1, 0.15) is 0 Å². The Morgan fingerprint density at radius 1 is 1.14 bits per heavy atom. The van der Waals surface area contributed by atoms with E-state index in [4.69, 9.17) is 4.42 Å². The zero-order chi connectivity index (χ0) is 15.4. The molecule has 0 spiro atoms. The van der Waals surface area contributed by atoms with Crippen molar-refractivity contribution in [1.29, 1.82) is 0 Å². The molecule has 1 amide bonds. The summed E-state index contributed by atoms with van der Waals surface area (Å²) < 4.78 is 5.11. The highest BCUT2D eigenvalue weighted by molar-refractivity contribution is 5.91. The number of furan rings is 1. The molecule has 3 rings (SSSR count). The lowest BCUT2D eigenvalue weighted by Gasteiger charge is -2.35. The van der Waals surface area contributed by atoms with Crippen LogP contribution in [0, 0.1) is 0 Å². The molecule has 0 bridgehead atoms. The molecule has 2 heterocycles. The third-order valence-corrected chi connectivity index (χ3v) is 4.02. The molecular formula is C17H21N3O2. The second-order valence-corrected chi connectivity index (χ2v) is 5.58. The highest BCUT2D eigenvalue weighted by Gasteiger charge is 2.17. The lowest BCUT2D eigenvalue weighted by molar-refractivity contribution is 0.0923. The Balaban J connectivity index is 1.67. The summed E-state index contributed by atoms with van der Waals surface area (Å²) in [5, 5.41) is 2.92. The second kappa shape index (κ2) is 6.66.